The summed E-state index contributed by atoms with van der Waals surface area (Å²) >= 11 is 0. The zero-order chi connectivity index (χ0) is 14.7. The van der Waals surface area contributed by atoms with E-state index in [2.05, 4.69) is 0 Å². The molecule has 108 valence electrons. The first-order chi connectivity index (χ1) is 9.54. The van der Waals surface area contributed by atoms with E-state index in [4.69, 9.17) is 4.74 Å². The molecule has 0 spiro atoms. The Labute approximate surface area is 118 Å². The van der Waals surface area contributed by atoms with E-state index in [1.54, 1.807) is 4.90 Å². The van der Waals surface area contributed by atoms with Gasteiger partial charge in [-0.15, -0.1) is 0 Å². The number of carboxylic acids is 1. The molecule has 2 rings (SSSR count). The minimum atomic E-state index is -1.04. The first kappa shape index (κ1) is 14.5. The van der Waals surface area contributed by atoms with Crippen molar-refractivity contribution in [3.63, 3.8) is 0 Å². The highest BCUT2D eigenvalue weighted by Gasteiger charge is 2.41. The van der Waals surface area contributed by atoms with Gasteiger partial charge in [0.25, 0.3) is 0 Å². The molecule has 0 aliphatic carbocycles. The van der Waals surface area contributed by atoms with Gasteiger partial charge in [-0.2, -0.15) is 0 Å². The fourth-order valence-corrected chi connectivity index (χ4v) is 2.48. The number of carboxylic acid groups (broad SMARTS) is 1. The molecule has 1 N–H and O–H groups in total. The Morgan fingerprint density at radius 1 is 1.40 bits per heavy atom. The fraction of sp³-hybridized carbons (Fsp3) is 0.467. The largest absolute Gasteiger partial charge is 0.479 e. The maximum absolute atomic E-state index is 12.0. The molecule has 0 radical (unpaired) electrons. The first-order valence-electron chi connectivity index (χ1n) is 6.75. The monoisotopic (exact) mass is 277 g/mol. The van der Waals surface area contributed by atoms with Gasteiger partial charge in [-0.1, -0.05) is 36.8 Å². The number of aliphatic carboxylic acids is 1. The molecule has 0 saturated carbocycles. The van der Waals surface area contributed by atoms with E-state index in [0.29, 0.717) is 6.54 Å². The van der Waals surface area contributed by atoms with Crippen LogP contribution in [0.3, 0.4) is 0 Å². The fourth-order valence-electron chi connectivity index (χ4n) is 2.48. The Bertz CT molecular complexity index is 497. The molecule has 5 nitrogen and oxygen atoms in total. The van der Waals surface area contributed by atoms with Crippen molar-refractivity contribution in [3.8, 4) is 0 Å². The normalized spacial score (nSPS) is 22.9. The van der Waals surface area contributed by atoms with Gasteiger partial charge in [-0.25, -0.2) is 4.79 Å². The Kier molecular flexibility index (Phi) is 4.39. The molecular formula is C15H19NO4. The lowest BCUT2D eigenvalue weighted by Crippen LogP contribution is -2.52. The molecule has 0 aromatic heterocycles. The van der Waals surface area contributed by atoms with Crippen molar-refractivity contribution in [1.29, 1.82) is 0 Å². The van der Waals surface area contributed by atoms with Gasteiger partial charge in [0.1, 0.15) is 6.61 Å². The average Bonchev–Trinajstić information content (AvgIpc) is 2.42. The topological polar surface area (TPSA) is 66.8 Å². The second-order valence-corrected chi connectivity index (χ2v) is 5.01. The highest BCUT2D eigenvalue weighted by Crippen LogP contribution is 2.30. The number of benzene rings is 1. The third-order valence-electron chi connectivity index (χ3n) is 3.46. The molecule has 0 bridgehead atoms. The van der Waals surface area contributed by atoms with Crippen LogP contribution in [-0.4, -0.2) is 41.1 Å². The summed E-state index contributed by atoms with van der Waals surface area (Å²) in [7, 11) is 0. The summed E-state index contributed by atoms with van der Waals surface area (Å²) in [6.07, 6.45) is -0.234. The number of morpholine rings is 1. The molecule has 1 aliphatic rings. The van der Waals surface area contributed by atoms with Gasteiger partial charge in [-0.05, 0) is 18.9 Å². The molecule has 2 atom stereocenters. The molecule has 1 aromatic rings. The quantitative estimate of drug-likeness (QED) is 0.910. The number of hydrogen-bond donors (Lipinski definition) is 1. The van der Waals surface area contributed by atoms with Crippen molar-refractivity contribution in [2.24, 2.45) is 0 Å². The molecule has 1 heterocycles. The minimum absolute atomic E-state index is 0.157. The Balaban J connectivity index is 2.39. The van der Waals surface area contributed by atoms with Gasteiger partial charge in [0.05, 0.1) is 6.04 Å². The number of rotatable bonds is 4. The summed E-state index contributed by atoms with van der Waals surface area (Å²) in [5.41, 5.74) is 1.88. The molecular weight excluding hydrogens is 258 g/mol. The van der Waals surface area contributed by atoms with Gasteiger partial charge < -0.3 is 14.7 Å². The predicted octanol–water partition coefficient (Wildman–Crippen LogP) is 1.76. The second kappa shape index (κ2) is 6.05. The van der Waals surface area contributed by atoms with Crippen molar-refractivity contribution in [2.45, 2.75) is 32.4 Å². The number of carbonyl (C=O) groups excluding carboxylic acids is 1. The summed E-state index contributed by atoms with van der Waals surface area (Å²) in [5.74, 6) is -1.20. The van der Waals surface area contributed by atoms with Crippen LogP contribution in [0.25, 0.3) is 0 Å². The summed E-state index contributed by atoms with van der Waals surface area (Å²) in [6.45, 7) is 4.29. The van der Waals surface area contributed by atoms with Crippen molar-refractivity contribution in [3.05, 3.63) is 35.4 Å². The van der Waals surface area contributed by atoms with Crippen molar-refractivity contribution in [2.75, 3.05) is 13.2 Å². The van der Waals surface area contributed by atoms with E-state index in [1.165, 1.54) is 0 Å². The third kappa shape index (κ3) is 2.82. The Morgan fingerprint density at radius 2 is 2.05 bits per heavy atom. The van der Waals surface area contributed by atoms with Gasteiger partial charge in [-0.3, -0.25) is 4.79 Å². The molecule has 1 aliphatic heterocycles. The standard InChI is InChI=1S/C15H19NO4/c1-3-8-16-12(17)9-20-14(15(18)19)13(16)11-6-4-10(2)5-7-11/h4-7,13-14H,3,8-9H2,1-2H3,(H,18,19). The highest BCUT2D eigenvalue weighted by atomic mass is 16.5. The summed E-state index contributed by atoms with van der Waals surface area (Å²) < 4.78 is 5.23. The zero-order valence-electron chi connectivity index (χ0n) is 11.7. The van der Waals surface area contributed by atoms with E-state index >= 15 is 0 Å². The van der Waals surface area contributed by atoms with Crippen molar-refractivity contribution >= 4 is 11.9 Å². The van der Waals surface area contributed by atoms with Gasteiger partial charge in [0, 0.05) is 6.54 Å². The molecule has 1 amide bonds. The molecule has 20 heavy (non-hydrogen) atoms. The van der Waals surface area contributed by atoms with E-state index < -0.39 is 18.1 Å². The van der Waals surface area contributed by atoms with Crippen molar-refractivity contribution in [1.82, 2.24) is 4.90 Å². The first-order valence-corrected chi connectivity index (χ1v) is 6.75. The molecule has 1 aromatic carbocycles. The number of nitrogens with zero attached hydrogens (tertiary/aromatic N) is 1. The summed E-state index contributed by atoms with van der Waals surface area (Å²) in [4.78, 5) is 25.0. The highest BCUT2D eigenvalue weighted by molar-refractivity contribution is 5.83. The van der Waals surface area contributed by atoms with Crippen molar-refractivity contribution < 1.29 is 19.4 Å². The van der Waals surface area contributed by atoms with Gasteiger partial charge in [0.15, 0.2) is 6.10 Å². The van der Waals surface area contributed by atoms with Crippen LogP contribution in [0, 0.1) is 6.92 Å². The summed E-state index contributed by atoms with van der Waals surface area (Å²) in [6, 6.07) is 6.99. The lowest BCUT2D eigenvalue weighted by molar-refractivity contribution is -0.173. The number of aryl methyl sites for hydroxylation is 1. The van der Waals surface area contributed by atoms with Crippen LogP contribution in [0.5, 0.6) is 0 Å². The van der Waals surface area contributed by atoms with Crippen LogP contribution >= 0.6 is 0 Å². The Morgan fingerprint density at radius 3 is 2.60 bits per heavy atom. The Hall–Kier alpha value is -1.88. The molecule has 2 unspecified atom stereocenters. The number of carbonyl (C=O) groups is 2. The summed E-state index contributed by atoms with van der Waals surface area (Å²) in [5, 5.41) is 9.33. The van der Waals surface area contributed by atoms with Gasteiger partial charge in [0.2, 0.25) is 5.91 Å². The number of hydrogen-bond acceptors (Lipinski definition) is 3. The third-order valence-corrected chi connectivity index (χ3v) is 3.46. The van der Waals surface area contributed by atoms with Crippen LogP contribution in [0.4, 0.5) is 0 Å². The molecule has 1 fully saturated rings. The molecule has 5 heteroatoms. The number of amides is 1. The SMILES string of the molecule is CCCN1C(=O)COC(C(=O)O)C1c1ccc(C)cc1. The number of ether oxygens (including phenoxy) is 1. The zero-order valence-corrected chi connectivity index (χ0v) is 11.7. The lowest BCUT2D eigenvalue weighted by atomic mass is 9.96. The van der Waals surface area contributed by atoms with Crippen LogP contribution in [0.1, 0.15) is 30.5 Å². The van der Waals surface area contributed by atoms with Crippen LogP contribution in [0.15, 0.2) is 24.3 Å². The van der Waals surface area contributed by atoms with Gasteiger partial charge >= 0.3 is 5.97 Å². The average molecular weight is 277 g/mol. The smallest absolute Gasteiger partial charge is 0.335 e. The van der Waals surface area contributed by atoms with Crippen LogP contribution in [-0.2, 0) is 14.3 Å². The van der Waals surface area contributed by atoms with E-state index in [0.717, 1.165) is 17.5 Å². The lowest BCUT2D eigenvalue weighted by Gasteiger charge is -2.39. The van der Waals surface area contributed by atoms with Crippen LogP contribution < -0.4 is 0 Å². The maximum atomic E-state index is 12.0. The van der Waals surface area contributed by atoms with E-state index in [-0.39, 0.29) is 12.5 Å². The minimum Gasteiger partial charge on any atom is -0.479 e. The van der Waals surface area contributed by atoms with Crippen LogP contribution in [0.2, 0.25) is 0 Å². The van der Waals surface area contributed by atoms with E-state index in [1.807, 2.05) is 38.1 Å². The molecule has 1 saturated heterocycles. The second-order valence-electron chi connectivity index (χ2n) is 5.01. The predicted molar refractivity (Wildman–Crippen MR) is 73.3 cm³/mol. The van der Waals surface area contributed by atoms with E-state index in [9.17, 15) is 14.7 Å². The maximum Gasteiger partial charge on any atom is 0.335 e.